The summed E-state index contributed by atoms with van der Waals surface area (Å²) in [6, 6.07) is 2.79. The highest BCUT2D eigenvalue weighted by molar-refractivity contribution is 7.89. The third-order valence-electron chi connectivity index (χ3n) is 3.69. The zero-order chi connectivity index (χ0) is 16.3. The fourth-order valence-corrected chi connectivity index (χ4v) is 5.98. The molecule has 0 unspecified atom stereocenters. The van der Waals surface area contributed by atoms with Crippen molar-refractivity contribution in [3.8, 4) is 0 Å². The van der Waals surface area contributed by atoms with Gasteiger partial charge in [0.1, 0.15) is 4.90 Å². The largest absolute Gasteiger partial charge is 0.317 e. The minimum atomic E-state index is -3.76. The number of sulfonamides is 1. The van der Waals surface area contributed by atoms with E-state index in [0.29, 0.717) is 11.6 Å². The van der Waals surface area contributed by atoms with Crippen LogP contribution in [0.2, 0.25) is 15.1 Å². The molecule has 1 aliphatic heterocycles. The Morgan fingerprint density at radius 2 is 1.70 bits per heavy atom. The number of nitrogens with one attached hydrogen (secondary N) is 1. The van der Waals surface area contributed by atoms with Crippen LogP contribution in [0.1, 0.15) is 26.2 Å². The molecule has 23 heavy (non-hydrogen) atoms. The lowest BCUT2D eigenvalue weighted by molar-refractivity contribution is 0.262. The Hall–Kier alpha value is 0.250. The maximum atomic E-state index is 13.1. The summed E-state index contributed by atoms with van der Waals surface area (Å²) in [6.07, 6.45) is 2.29. The quantitative estimate of drug-likeness (QED) is 0.773. The van der Waals surface area contributed by atoms with Crippen LogP contribution >= 0.6 is 47.2 Å². The first-order chi connectivity index (χ1) is 10.4. The van der Waals surface area contributed by atoms with E-state index in [1.807, 2.05) is 6.92 Å². The molecule has 0 amide bonds. The van der Waals surface area contributed by atoms with Gasteiger partial charge in [0.2, 0.25) is 10.0 Å². The van der Waals surface area contributed by atoms with Gasteiger partial charge in [0.15, 0.2) is 0 Å². The van der Waals surface area contributed by atoms with Gasteiger partial charge in [-0.2, -0.15) is 4.31 Å². The molecule has 132 valence electrons. The third-order valence-corrected chi connectivity index (χ3v) is 6.78. The van der Waals surface area contributed by atoms with Gasteiger partial charge in [0.25, 0.3) is 0 Å². The summed E-state index contributed by atoms with van der Waals surface area (Å²) in [5.74, 6) is 0. The fourth-order valence-electron chi connectivity index (χ4n) is 2.71. The minimum Gasteiger partial charge on any atom is -0.317 e. The fraction of sp³-hybridized carbons (Fsp3) is 0.571. The molecule has 1 fully saturated rings. The van der Waals surface area contributed by atoms with Gasteiger partial charge in [-0.1, -0.05) is 41.7 Å². The summed E-state index contributed by atoms with van der Waals surface area (Å²) >= 11 is 18.1. The van der Waals surface area contributed by atoms with Crippen molar-refractivity contribution in [3.63, 3.8) is 0 Å². The molecule has 1 heterocycles. The van der Waals surface area contributed by atoms with E-state index in [1.165, 1.54) is 16.4 Å². The first-order valence-corrected chi connectivity index (χ1v) is 9.82. The van der Waals surface area contributed by atoms with E-state index in [-0.39, 0.29) is 33.4 Å². The Morgan fingerprint density at radius 1 is 1.17 bits per heavy atom. The van der Waals surface area contributed by atoms with Gasteiger partial charge in [0.05, 0.1) is 10.0 Å². The number of piperidine rings is 1. The van der Waals surface area contributed by atoms with Crippen LogP contribution in [-0.2, 0) is 10.0 Å². The average Bonchev–Trinajstić information content (AvgIpc) is 2.44. The summed E-state index contributed by atoms with van der Waals surface area (Å²) in [5, 5.41) is 3.68. The van der Waals surface area contributed by atoms with Crippen molar-refractivity contribution in [2.75, 3.05) is 19.6 Å². The lowest BCUT2D eigenvalue weighted by atomic mass is 10.1. The van der Waals surface area contributed by atoms with E-state index in [1.54, 1.807) is 0 Å². The van der Waals surface area contributed by atoms with Gasteiger partial charge in [-0.05, 0) is 44.5 Å². The minimum absolute atomic E-state index is 0. The highest BCUT2D eigenvalue weighted by Gasteiger charge is 2.34. The molecule has 0 aliphatic carbocycles. The summed E-state index contributed by atoms with van der Waals surface area (Å²) in [7, 11) is -3.76. The molecule has 9 heteroatoms. The Labute approximate surface area is 158 Å². The highest BCUT2D eigenvalue weighted by Crippen LogP contribution is 2.36. The van der Waals surface area contributed by atoms with Gasteiger partial charge in [-0.25, -0.2) is 8.42 Å². The predicted octanol–water partition coefficient (Wildman–Crippen LogP) is 4.22. The molecule has 0 bridgehead atoms. The normalized spacial score (nSPS) is 16.4. The smallest absolute Gasteiger partial charge is 0.246 e. The number of halogens is 4. The monoisotopic (exact) mass is 420 g/mol. The Balaban J connectivity index is 0.00000264. The molecule has 1 aliphatic rings. The lowest BCUT2D eigenvalue weighted by Crippen LogP contribution is -2.46. The van der Waals surface area contributed by atoms with Crippen molar-refractivity contribution in [2.45, 2.75) is 37.1 Å². The molecule has 0 saturated carbocycles. The second kappa shape index (κ2) is 9.09. The van der Waals surface area contributed by atoms with Crippen LogP contribution in [0.3, 0.4) is 0 Å². The van der Waals surface area contributed by atoms with Crippen molar-refractivity contribution >= 4 is 57.2 Å². The number of hydrogen-bond acceptors (Lipinski definition) is 3. The highest BCUT2D eigenvalue weighted by atomic mass is 35.5. The van der Waals surface area contributed by atoms with E-state index in [9.17, 15) is 8.42 Å². The van der Waals surface area contributed by atoms with Gasteiger partial charge in [-0.3, -0.25) is 0 Å². The molecule has 1 aromatic rings. The van der Waals surface area contributed by atoms with E-state index < -0.39 is 10.0 Å². The number of benzene rings is 1. The van der Waals surface area contributed by atoms with Crippen molar-refractivity contribution in [1.29, 1.82) is 0 Å². The third kappa shape index (κ3) is 4.88. The van der Waals surface area contributed by atoms with Crippen molar-refractivity contribution < 1.29 is 8.42 Å². The van der Waals surface area contributed by atoms with Gasteiger partial charge < -0.3 is 5.32 Å². The molecule has 4 nitrogen and oxygen atoms in total. The molecule has 1 aromatic carbocycles. The Morgan fingerprint density at radius 3 is 2.17 bits per heavy atom. The molecule has 0 atom stereocenters. The Bertz CT molecular complexity index is 611. The number of rotatable bonds is 5. The summed E-state index contributed by atoms with van der Waals surface area (Å²) in [5.41, 5.74) is 0. The predicted molar refractivity (Wildman–Crippen MR) is 98.8 cm³/mol. The average molecular weight is 422 g/mol. The molecular formula is C14H20Cl4N2O2S. The second-order valence-electron chi connectivity index (χ2n) is 5.30. The van der Waals surface area contributed by atoms with Crippen LogP contribution in [0.25, 0.3) is 0 Å². The standard InChI is InChI=1S/C14H19Cl3N2O2S.ClH/c1-2-7-19(11-3-5-18-6-4-11)22(20,21)14-12(16)8-10(15)9-13(14)17;/h8-9,11,18H,2-7H2,1H3;1H. The van der Waals surface area contributed by atoms with Crippen molar-refractivity contribution in [1.82, 2.24) is 9.62 Å². The number of hydrogen-bond donors (Lipinski definition) is 1. The Kier molecular flexibility index (Phi) is 8.41. The summed E-state index contributed by atoms with van der Waals surface area (Å²) < 4.78 is 27.7. The van der Waals surface area contributed by atoms with Gasteiger partial charge >= 0.3 is 0 Å². The van der Waals surface area contributed by atoms with E-state index >= 15 is 0 Å². The van der Waals surface area contributed by atoms with Crippen molar-refractivity contribution in [3.05, 3.63) is 27.2 Å². The van der Waals surface area contributed by atoms with Gasteiger partial charge in [0, 0.05) is 17.6 Å². The molecule has 0 radical (unpaired) electrons. The molecule has 0 aromatic heterocycles. The second-order valence-corrected chi connectivity index (χ2v) is 8.37. The summed E-state index contributed by atoms with van der Waals surface area (Å²) in [6.45, 7) is 4.02. The molecule has 2 rings (SSSR count). The SMILES string of the molecule is CCCN(C1CCNCC1)S(=O)(=O)c1c(Cl)cc(Cl)cc1Cl.Cl. The molecule has 0 spiro atoms. The first kappa shape index (κ1) is 21.3. The zero-order valence-electron chi connectivity index (χ0n) is 12.7. The first-order valence-electron chi connectivity index (χ1n) is 7.25. The van der Waals surface area contributed by atoms with Crippen molar-refractivity contribution in [2.24, 2.45) is 0 Å². The van der Waals surface area contributed by atoms with Crippen LogP contribution in [0.15, 0.2) is 17.0 Å². The molecule has 1 N–H and O–H groups in total. The summed E-state index contributed by atoms with van der Waals surface area (Å²) in [4.78, 5) is -0.0489. The maximum absolute atomic E-state index is 13.1. The van der Waals surface area contributed by atoms with E-state index in [0.717, 1.165) is 32.4 Å². The van der Waals surface area contributed by atoms with Crippen LogP contribution < -0.4 is 5.32 Å². The van der Waals surface area contributed by atoms with Crippen LogP contribution in [0.4, 0.5) is 0 Å². The molecular weight excluding hydrogens is 402 g/mol. The van der Waals surface area contributed by atoms with E-state index in [4.69, 9.17) is 34.8 Å². The zero-order valence-corrected chi connectivity index (χ0v) is 16.6. The van der Waals surface area contributed by atoms with Crippen LogP contribution in [0.5, 0.6) is 0 Å². The van der Waals surface area contributed by atoms with Gasteiger partial charge in [-0.15, -0.1) is 12.4 Å². The molecule has 1 saturated heterocycles. The topological polar surface area (TPSA) is 49.4 Å². The maximum Gasteiger partial charge on any atom is 0.246 e. The number of nitrogens with zero attached hydrogens (tertiary/aromatic N) is 1. The van der Waals surface area contributed by atoms with Crippen LogP contribution in [0, 0.1) is 0 Å². The van der Waals surface area contributed by atoms with Crippen LogP contribution in [-0.4, -0.2) is 38.4 Å². The lowest BCUT2D eigenvalue weighted by Gasteiger charge is -2.34. The van der Waals surface area contributed by atoms with E-state index in [2.05, 4.69) is 5.32 Å².